The van der Waals surface area contributed by atoms with E-state index >= 15 is 0 Å². The van der Waals surface area contributed by atoms with Crippen molar-refractivity contribution < 1.29 is 37.7 Å². The fourth-order valence-electron chi connectivity index (χ4n) is 5.92. The number of benzene rings is 2. The highest BCUT2D eigenvalue weighted by Crippen LogP contribution is 2.64. The fourth-order valence-corrected chi connectivity index (χ4v) is 9.33. The number of hydrogen-bond donors (Lipinski definition) is 0. The second kappa shape index (κ2) is 16.7. The van der Waals surface area contributed by atoms with Gasteiger partial charge in [-0.1, -0.05) is 52.3 Å². The summed E-state index contributed by atoms with van der Waals surface area (Å²) in [7, 11) is -3.60. The van der Waals surface area contributed by atoms with Crippen molar-refractivity contribution >= 4 is 41.5 Å². The molecule has 0 aliphatic carbocycles. The Morgan fingerprint density at radius 1 is 0.860 bits per heavy atom. The second-order valence-electron chi connectivity index (χ2n) is 15.8. The highest BCUT2D eigenvalue weighted by molar-refractivity contribution is 9.10. The molecule has 2 aromatic carbocycles. The summed E-state index contributed by atoms with van der Waals surface area (Å²) in [6, 6.07) is 16.3. The summed E-state index contributed by atoms with van der Waals surface area (Å²) in [5.41, 5.74) is 0.704. The summed E-state index contributed by atoms with van der Waals surface area (Å²) in [6.45, 7) is 18.8. The van der Waals surface area contributed by atoms with Gasteiger partial charge in [-0.3, -0.25) is 14.3 Å². The summed E-state index contributed by atoms with van der Waals surface area (Å²) in [5.74, 6) is -0.569. The van der Waals surface area contributed by atoms with Gasteiger partial charge in [0.2, 0.25) is 7.37 Å². The lowest BCUT2D eigenvalue weighted by Gasteiger charge is -2.46. The lowest BCUT2D eigenvalue weighted by atomic mass is 9.96. The number of carbonyl (C=O) groups is 3. The summed E-state index contributed by atoms with van der Waals surface area (Å²) >= 11 is 3.63. The monoisotopic (exact) mass is 778 g/mol. The maximum atomic E-state index is 14.9. The van der Waals surface area contributed by atoms with Crippen LogP contribution in [0.1, 0.15) is 94.1 Å². The molecule has 0 spiro atoms. The van der Waals surface area contributed by atoms with E-state index in [-0.39, 0.29) is 32.3 Å². The number of ether oxygens (including phenoxy) is 3. The maximum absolute atomic E-state index is 14.9. The molecule has 2 aromatic rings. The van der Waals surface area contributed by atoms with Crippen LogP contribution in [-0.2, 0) is 34.6 Å². The van der Waals surface area contributed by atoms with Gasteiger partial charge in [0.1, 0.15) is 16.8 Å². The van der Waals surface area contributed by atoms with Crippen molar-refractivity contribution in [2.45, 2.75) is 117 Å². The van der Waals surface area contributed by atoms with Gasteiger partial charge in [0.15, 0.2) is 5.16 Å². The van der Waals surface area contributed by atoms with E-state index in [0.29, 0.717) is 25.9 Å². The largest absolute Gasteiger partial charge is 0.459 e. The third-order valence-corrected chi connectivity index (χ3v) is 11.8. The third kappa shape index (κ3) is 11.7. The SMILES string of the molecule is CCOP1(=O)CCN(Cc2cc(Br)ccc2-c2ccccc2)CC1(CCCCN(C(=O)OC(C)(C)C)C(=O)OC(C)(C)C)C(=O)OC(C)(C)C. The number of imide groups is 1. The van der Waals surface area contributed by atoms with Crippen molar-refractivity contribution in [1.82, 2.24) is 9.80 Å². The van der Waals surface area contributed by atoms with Crippen LogP contribution in [0.3, 0.4) is 0 Å². The number of halogens is 1. The van der Waals surface area contributed by atoms with Gasteiger partial charge in [0.05, 0.1) is 6.61 Å². The quantitative estimate of drug-likeness (QED) is 0.0953. The first-order valence-electron chi connectivity index (χ1n) is 17.3. The van der Waals surface area contributed by atoms with Crippen LogP contribution in [0.15, 0.2) is 53.0 Å². The molecule has 50 heavy (non-hydrogen) atoms. The Bertz CT molecular complexity index is 1500. The Labute approximate surface area is 307 Å². The minimum absolute atomic E-state index is 0.0185. The van der Waals surface area contributed by atoms with Gasteiger partial charge in [-0.05, 0) is 117 Å². The predicted octanol–water partition coefficient (Wildman–Crippen LogP) is 9.67. The highest BCUT2D eigenvalue weighted by Gasteiger charge is 2.59. The molecule has 3 rings (SSSR count). The predicted molar refractivity (Wildman–Crippen MR) is 201 cm³/mol. The summed E-state index contributed by atoms with van der Waals surface area (Å²) in [4.78, 5) is 43.7. The zero-order valence-corrected chi connectivity index (χ0v) is 33.9. The Morgan fingerprint density at radius 3 is 1.98 bits per heavy atom. The van der Waals surface area contributed by atoms with E-state index in [0.717, 1.165) is 26.1 Å². The van der Waals surface area contributed by atoms with Gasteiger partial charge >= 0.3 is 18.2 Å². The molecule has 278 valence electrons. The first kappa shape index (κ1) is 41.7. The van der Waals surface area contributed by atoms with Crippen LogP contribution in [0.4, 0.5) is 9.59 Å². The Hall–Kier alpha value is -2.72. The molecule has 2 atom stereocenters. The molecule has 0 aromatic heterocycles. The van der Waals surface area contributed by atoms with Gasteiger partial charge < -0.3 is 18.7 Å². The molecule has 1 aliphatic rings. The van der Waals surface area contributed by atoms with Gasteiger partial charge in [0, 0.05) is 36.8 Å². The number of rotatable bonds is 11. The molecule has 1 fully saturated rings. The number of esters is 1. The zero-order chi connectivity index (χ0) is 37.5. The van der Waals surface area contributed by atoms with E-state index in [4.69, 9.17) is 18.7 Å². The van der Waals surface area contributed by atoms with Gasteiger partial charge in [-0.25, -0.2) is 14.5 Å². The normalized spacial score (nSPS) is 20.2. The van der Waals surface area contributed by atoms with Crippen LogP contribution >= 0.6 is 23.3 Å². The van der Waals surface area contributed by atoms with Crippen LogP contribution in [-0.4, -0.2) is 82.3 Å². The first-order chi connectivity index (χ1) is 23.1. The van der Waals surface area contributed by atoms with E-state index < -0.39 is 47.5 Å². The molecule has 12 heteroatoms. The Morgan fingerprint density at radius 2 is 1.44 bits per heavy atom. The van der Waals surface area contributed by atoms with Crippen molar-refractivity contribution in [3.05, 3.63) is 58.6 Å². The fraction of sp³-hybridized carbons (Fsp3) is 0.605. The van der Waals surface area contributed by atoms with Crippen molar-refractivity contribution in [2.75, 3.05) is 32.4 Å². The average molecular weight is 780 g/mol. The van der Waals surface area contributed by atoms with Crippen LogP contribution < -0.4 is 0 Å². The molecule has 2 unspecified atom stereocenters. The first-order valence-corrected chi connectivity index (χ1v) is 20.0. The molecule has 0 radical (unpaired) electrons. The van der Waals surface area contributed by atoms with Crippen molar-refractivity contribution in [3.63, 3.8) is 0 Å². The minimum atomic E-state index is -3.60. The molecule has 1 saturated heterocycles. The molecular weight excluding hydrogens is 723 g/mol. The molecular formula is C38H56BrN2O8P. The van der Waals surface area contributed by atoms with Gasteiger partial charge in [0.25, 0.3) is 0 Å². The summed E-state index contributed by atoms with van der Waals surface area (Å²) in [6.07, 6.45) is -0.647. The van der Waals surface area contributed by atoms with E-state index in [1.165, 1.54) is 0 Å². The van der Waals surface area contributed by atoms with Crippen LogP contribution in [0.25, 0.3) is 11.1 Å². The third-order valence-electron chi connectivity index (χ3n) is 7.96. The van der Waals surface area contributed by atoms with E-state index in [1.807, 2.05) is 24.3 Å². The molecule has 0 bridgehead atoms. The van der Waals surface area contributed by atoms with Crippen molar-refractivity contribution in [2.24, 2.45) is 0 Å². The lowest BCUT2D eigenvalue weighted by molar-refractivity contribution is -0.160. The van der Waals surface area contributed by atoms with E-state index in [2.05, 4.69) is 45.1 Å². The van der Waals surface area contributed by atoms with Crippen LogP contribution in [0.2, 0.25) is 0 Å². The highest BCUT2D eigenvalue weighted by atomic mass is 79.9. The van der Waals surface area contributed by atoms with Crippen LogP contribution in [0, 0.1) is 0 Å². The number of nitrogens with zero attached hydrogens (tertiary/aromatic N) is 2. The van der Waals surface area contributed by atoms with E-state index in [1.54, 1.807) is 69.2 Å². The number of amides is 2. The molecule has 2 amide bonds. The van der Waals surface area contributed by atoms with Gasteiger partial charge in [-0.2, -0.15) is 0 Å². The Balaban J connectivity index is 1.96. The smallest absolute Gasteiger partial charge is 0.419 e. The Kier molecular flexibility index (Phi) is 14.0. The maximum Gasteiger partial charge on any atom is 0.419 e. The number of unbranched alkanes of at least 4 members (excludes halogenated alkanes) is 1. The van der Waals surface area contributed by atoms with Gasteiger partial charge in [-0.15, -0.1) is 0 Å². The topological polar surface area (TPSA) is 112 Å². The minimum Gasteiger partial charge on any atom is -0.459 e. The average Bonchev–Trinajstić information content (AvgIpc) is 2.96. The summed E-state index contributed by atoms with van der Waals surface area (Å²) in [5, 5.41) is -1.48. The van der Waals surface area contributed by atoms with Crippen molar-refractivity contribution in [3.8, 4) is 11.1 Å². The van der Waals surface area contributed by atoms with Crippen LogP contribution in [0.5, 0.6) is 0 Å². The molecule has 0 saturated carbocycles. The second-order valence-corrected chi connectivity index (χ2v) is 19.6. The molecule has 10 nitrogen and oxygen atoms in total. The molecule has 0 N–H and O–H groups in total. The summed E-state index contributed by atoms with van der Waals surface area (Å²) < 4.78 is 38.9. The van der Waals surface area contributed by atoms with E-state index in [9.17, 15) is 18.9 Å². The molecule has 1 heterocycles. The van der Waals surface area contributed by atoms with Crippen molar-refractivity contribution in [1.29, 1.82) is 0 Å². The number of carbonyl (C=O) groups excluding carboxylic acids is 3. The standard InChI is InChI=1S/C38H56BrN2O8P/c1-11-46-50(45)24-23-40(26-29-25-30(39)19-20-31(29)28-17-13-12-14-18-28)27-38(50,32(42)47-35(2,3)4)21-15-16-22-41(33(43)48-36(5,6)7)34(44)49-37(8,9)10/h12-14,17-20,25H,11,15-16,21-24,26-27H2,1-10H3. The zero-order valence-electron chi connectivity index (χ0n) is 31.5. The number of hydrogen-bond acceptors (Lipinski definition) is 9. The lowest BCUT2D eigenvalue weighted by Crippen LogP contribution is -2.56. The molecule has 1 aliphatic heterocycles.